The van der Waals surface area contributed by atoms with E-state index in [2.05, 4.69) is 27.2 Å². The van der Waals surface area contributed by atoms with Crippen LogP contribution in [0.15, 0.2) is 71.3 Å². The summed E-state index contributed by atoms with van der Waals surface area (Å²) in [5.74, 6) is -3.39. The van der Waals surface area contributed by atoms with Crippen LogP contribution in [0.1, 0.15) is 22.8 Å². The molecule has 234 valence electrons. The summed E-state index contributed by atoms with van der Waals surface area (Å²) in [5.41, 5.74) is -9.10. The predicted octanol–water partition coefficient (Wildman–Crippen LogP) is 8.25. The fourth-order valence-electron chi connectivity index (χ4n) is 3.75. The number of likely N-dealkylation sites (N-methyl/N-ethyl adjacent to an activating group) is 1. The number of hydrogen-bond donors (Lipinski definition) is 1. The minimum Gasteiger partial charge on any atom is -0.494 e. The number of allylic oxidation sites excluding steroid dienone is 3. The number of methoxy groups -OCH3 is 1. The molecule has 0 heterocycles. The number of carbonyl (C=O) groups is 2. The van der Waals surface area contributed by atoms with E-state index in [4.69, 9.17) is 4.74 Å². The van der Waals surface area contributed by atoms with Gasteiger partial charge < -0.3 is 19.7 Å². The van der Waals surface area contributed by atoms with Crippen molar-refractivity contribution in [3.8, 4) is 11.5 Å². The highest BCUT2D eigenvalue weighted by Gasteiger charge is 2.73. The molecule has 43 heavy (non-hydrogen) atoms. The Balaban J connectivity index is 2.67. The molecular weight excluding hydrogens is 667 g/mol. The maximum atomic E-state index is 14.7. The molecule has 0 fully saturated rings. The molecule has 0 aromatic heterocycles. The van der Waals surface area contributed by atoms with E-state index in [1.54, 1.807) is 13.0 Å². The molecule has 0 saturated carbocycles. The average molecular weight is 689 g/mol. The van der Waals surface area contributed by atoms with Crippen LogP contribution in [0.5, 0.6) is 11.5 Å². The first-order chi connectivity index (χ1) is 19.8. The lowest BCUT2D eigenvalue weighted by Gasteiger charge is -2.31. The van der Waals surface area contributed by atoms with Gasteiger partial charge in [0.1, 0.15) is 0 Å². The molecule has 0 aliphatic heterocycles. The largest absolute Gasteiger partial charge is 0.494 e. The highest BCUT2D eigenvalue weighted by atomic mass is 79.9. The van der Waals surface area contributed by atoms with E-state index in [0.717, 1.165) is 18.1 Å². The first-order valence-electron chi connectivity index (χ1n) is 11.7. The van der Waals surface area contributed by atoms with Gasteiger partial charge in [0.05, 0.1) is 24.0 Å². The molecule has 16 heteroatoms. The molecule has 6 nitrogen and oxygen atoms in total. The van der Waals surface area contributed by atoms with Crippen molar-refractivity contribution in [2.45, 2.75) is 31.6 Å². The molecule has 0 unspecified atom stereocenters. The van der Waals surface area contributed by atoms with Gasteiger partial charge in [-0.3, -0.25) is 9.59 Å². The van der Waals surface area contributed by atoms with E-state index in [1.807, 2.05) is 5.32 Å². The number of anilines is 2. The fourth-order valence-corrected chi connectivity index (χ4v) is 4.29. The standard InChI is InChI=1S/C27H22BrF9N2O4/c1-5-8-14(9-6-2)23(41)39(3)18-11-7-10-16(21(18)42-4)22(40)38-20-17(28)12-15(13-19(20)43-24(29)30)25(31,26(32,33)34)27(35,36)37/h5-13,24H,1H2,2-4H3,(H,38,40)/b9-6-,14-8+. The summed E-state index contributed by atoms with van der Waals surface area (Å²) < 4.78 is 129. The summed E-state index contributed by atoms with van der Waals surface area (Å²) in [7, 11) is 2.47. The molecule has 1 N–H and O–H groups in total. The van der Waals surface area contributed by atoms with Crippen LogP contribution >= 0.6 is 15.9 Å². The van der Waals surface area contributed by atoms with Gasteiger partial charge in [0.25, 0.3) is 11.8 Å². The summed E-state index contributed by atoms with van der Waals surface area (Å²) in [5, 5.41) is 2.04. The lowest BCUT2D eigenvalue weighted by Crippen LogP contribution is -2.50. The second kappa shape index (κ2) is 13.6. The van der Waals surface area contributed by atoms with Crippen molar-refractivity contribution < 1.29 is 58.6 Å². The van der Waals surface area contributed by atoms with E-state index in [1.165, 1.54) is 37.4 Å². The maximum absolute atomic E-state index is 14.7. The second-order valence-electron chi connectivity index (χ2n) is 8.40. The van der Waals surface area contributed by atoms with Crippen LogP contribution in [0.2, 0.25) is 0 Å². The Hall–Kier alpha value is -3.95. The van der Waals surface area contributed by atoms with Gasteiger partial charge in [-0.15, -0.1) is 0 Å². The van der Waals surface area contributed by atoms with Crippen LogP contribution < -0.4 is 19.7 Å². The lowest BCUT2D eigenvalue weighted by molar-refractivity contribution is -0.348. The number of halogens is 10. The van der Waals surface area contributed by atoms with E-state index in [0.29, 0.717) is 0 Å². The van der Waals surface area contributed by atoms with Crippen molar-refractivity contribution in [2.24, 2.45) is 0 Å². The lowest BCUT2D eigenvalue weighted by atomic mass is 9.93. The number of carbonyl (C=O) groups excluding carboxylic acids is 2. The minimum atomic E-state index is -6.55. The molecule has 2 aromatic carbocycles. The van der Waals surface area contributed by atoms with Gasteiger partial charge in [-0.05, 0) is 47.1 Å². The monoisotopic (exact) mass is 688 g/mol. The highest BCUT2D eigenvalue weighted by molar-refractivity contribution is 9.10. The zero-order valence-corrected chi connectivity index (χ0v) is 23.9. The van der Waals surface area contributed by atoms with Crippen molar-refractivity contribution in [2.75, 3.05) is 24.4 Å². The van der Waals surface area contributed by atoms with Crippen molar-refractivity contribution in [3.05, 3.63) is 82.4 Å². The number of rotatable bonds is 10. The third kappa shape index (κ3) is 7.35. The van der Waals surface area contributed by atoms with Gasteiger partial charge in [-0.1, -0.05) is 36.9 Å². The molecule has 0 spiro atoms. The number of hydrogen-bond acceptors (Lipinski definition) is 4. The molecule has 0 aliphatic carbocycles. The van der Waals surface area contributed by atoms with Crippen LogP contribution in [0.25, 0.3) is 0 Å². The van der Waals surface area contributed by atoms with Gasteiger partial charge in [-0.25, -0.2) is 4.39 Å². The SMILES string of the molecule is C=C/C=C(\C=C/C)C(=O)N(C)c1cccc(C(=O)Nc2c(Br)cc(C(F)(C(F)(F)F)C(F)(F)F)cc2OC(F)F)c1OC. The summed E-state index contributed by atoms with van der Waals surface area (Å²) in [6, 6.07) is 3.63. The van der Waals surface area contributed by atoms with Crippen molar-refractivity contribution in [3.63, 3.8) is 0 Å². The molecule has 0 saturated heterocycles. The third-order valence-electron chi connectivity index (χ3n) is 5.69. The Morgan fingerprint density at radius 2 is 1.67 bits per heavy atom. The highest BCUT2D eigenvalue weighted by Crippen LogP contribution is 2.55. The predicted molar refractivity (Wildman–Crippen MR) is 143 cm³/mol. The van der Waals surface area contributed by atoms with Gasteiger partial charge in [0.2, 0.25) is 0 Å². The van der Waals surface area contributed by atoms with E-state index < -0.39 is 57.9 Å². The third-order valence-corrected chi connectivity index (χ3v) is 6.31. The summed E-state index contributed by atoms with van der Waals surface area (Å²) in [6.45, 7) is 1.38. The van der Waals surface area contributed by atoms with Crippen LogP contribution in [0.3, 0.4) is 0 Å². The molecule has 2 rings (SSSR count). The van der Waals surface area contributed by atoms with Crippen LogP contribution in [-0.2, 0) is 10.5 Å². The van der Waals surface area contributed by atoms with E-state index >= 15 is 0 Å². The Morgan fingerprint density at radius 1 is 1.07 bits per heavy atom. The topological polar surface area (TPSA) is 67.9 Å². The van der Waals surface area contributed by atoms with E-state index in [-0.39, 0.29) is 34.7 Å². The van der Waals surface area contributed by atoms with Gasteiger partial charge in [0.15, 0.2) is 11.5 Å². The zero-order valence-electron chi connectivity index (χ0n) is 22.3. The van der Waals surface area contributed by atoms with Crippen LogP contribution in [0, 0.1) is 0 Å². The molecule has 0 radical (unpaired) electrons. The Kier molecular flexibility index (Phi) is 11.1. The number of ether oxygens (including phenoxy) is 2. The number of benzene rings is 2. The molecule has 2 aromatic rings. The number of amides is 2. The first kappa shape index (κ1) is 35.2. The van der Waals surface area contributed by atoms with Crippen molar-refractivity contribution in [1.82, 2.24) is 0 Å². The number of alkyl halides is 9. The molecular formula is C27H22BrF9N2O4. The minimum absolute atomic E-state index is 0.0176. The van der Waals surface area contributed by atoms with Gasteiger partial charge in [0, 0.05) is 22.7 Å². The number of nitrogens with one attached hydrogen (secondary N) is 1. The van der Waals surface area contributed by atoms with Crippen LogP contribution in [-0.4, -0.2) is 44.9 Å². The first-order valence-corrected chi connectivity index (χ1v) is 12.5. The number of para-hydroxylation sites is 1. The van der Waals surface area contributed by atoms with Gasteiger partial charge >= 0.3 is 24.6 Å². The average Bonchev–Trinajstić information content (AvgIpc) is 2.91. The summed E-state index contributed by atoms with van der Waals surface area (Å²) in [6.07, 6.45) is -7.26. The van der Waals surface area contributed by atoms with Crippen LogP contribution in [0.4, 0.5) is 50.9 Å². The quantitative estimate of drug-likeness (QED) is 0.155. The zero-order chi connectivity index (χ0) is 32.9. The fraction of sp³-hybridized carbons (Fsp3) is 0.259. The van der Waals surface area contributed by atoms with Crippen molar-refractivity contribution in [1.29, 1.82) is 0 Å². The second-order valence-corrected chi connectivity index (χ2v) is 9.25. The Bertz CT molecular complexity index is 1420. The molecule has 2 amide bonds. The van der Waals surface area contributed by atoms with Crippen molar-refractivity contribution >= 4 is 39.1 Å². The Morgan fingerprint density at radius 3 is 2.16 bits per heavy atom. The Labute approximate surface area is 247 Å². The summed E-state index contributed by atoms with van der Waals surface area (Å²) >= 11 is 2.61. The van der Waals surface area contributed by atoms with Gasteiger partial charge in [-0.2, -0.15) is 35.1 Å². The maximum Gasteiger partial charge on any atom is 0.435 e. The molecule has 0 bridgehead atoms. The number of nitrogens with zero attached hydrogens (tertiary/aromatic N) is 1. The molecule has 0 atom stereocenters. The van der Waals surface area contributed by atoms with E-state index in [9.17, 15) is 49.1 Å². The smallest absolute Gasteiger partial charge is 0.435 e. The normalized spacial score (nSPS) is 12.8. The molecule has 0 aliphatic rings. The summed E-state index contributed by atoms with van der Waals surface area (Å²) in [4.78, 5) is 27.4.